The Hall–Kier alpha value is -4.07. The first kappa shape index (κ1) is 29.9. The highest BCUT2D eigenvalue weighted by molar-refractivity contribution is 5.94. The Labute approximate surface area is 236 Å². The van der Waals surface area contributed by atoms with Crippen LogP contribution in [-0.4, -0.2) is 80.6 Å². The molecule has 4 rings (SSSR count). The maximum Gasteiger partial charge on any atom is 0.413 e. The summed E-state index contributed by atoms with van der Waals surface area (Å²) in [5.74, 6) is -0.726. The van der Waals surface area contributed by atoms with Gasteiger partial charge in [0, 0.05) is 12.2 Å². The van der Waals surface area contributed by atoms with Crippen LogP contribution in [0.15, 0.2) is 12.4 Å². The number of aliphatic hydroxyl groups excluding tert-OH is 1. The Kier molecular flexibility index (Phi) is 8.90. The minimum absolute atomic E-state index is 0.00270. The van der Waals surface area contributed by atoms with Crippen molar-refractivity contribution in [2.24, 2.45) is 5.92 Å². The third kappa shape index (κ3) is 7.57. The third-order valence-electron chi connectivity index (χ3n) is 6.64. The summed E-state index contributed by atoms with van der Waals surface area (Å²) in [7, 11) is 0. The van der Waals surface area contributed by atoms with Gasteiger partial charge in [-0.15, -0.1) is 0 Å². The lowest BCUT2D eigenvalue weighted by Gasteiger charge is -2.32. The van der Waals surface area contributed by atoms with E-state index in [1.165, 1.54) is 17.3 Å². The first-order valence-corrected chi connectivity index (χ1v) is 13.4. The minimum Gasteiger partial charge on any atom is -0.465 e. The van der Waals surface area contributed by atoms with E-state index in [2.05, 4.69) is 25.6 Å². The van der Waals surface area contributed by atoms with E-state index < -0.39 is 35.9 Å². The van der Waals surface area contributed by atoms with E-state index in [4.69, 9.17) is 14.2 Å². The molecule has 0 fully saturated rings. The van der Waals surface area contributed by atoms with Gasteiger partial charge in [0.15, 0.2) is 18.2 Å². The summed E-state index contributed by atoms with van der Waals surface area (Å²) in [6.45, 7) is 8.57. The van der Waals surface area contributed by atoms with Crippen LogP contribution in [-0.2, 0) is 27.1 Å². The molecule has 0 aromatic carbocycles. The van der Waals surface area contributed by atoms with Crippen molar-refractivity contribution in [3.63, 3.8) is 0 Å². The molecule has 14 heteroatoms. The highest BCUT2D eigenvalue weighted by Gasteiger charge is 2.34. The quantitative estimate of drug-likeness (QED) is 0.427. The van der Waals surface area contributed by atoms with Crippen LogP contribution >= 0.6 is 0 Å². The fourth-order valence-electron chi connectivity index (χ4n) is 4.78. The van der Waals surface area contributed by atoms with Gasteiger partial charge < -0.3 is 29.5 Å². The van der Waals surface area contributed by atoms with Gasteiger partial charge in [-0.1, -0.05) is 6.92 Å². The molecule has 41 heavy (non-hydrogen) atoms. The number of hydrogen-bond acceptors (Lipinski definition) is 10. The predicted octanol–water partition coefficient (Wildman–Crippen LogP) is 2.99. The average molecular weight is 575 g/mol. The van der Waals surface area contributed by atoms with Crippen LogP contribution in [0.4, 0.5) is 25.6 Å². The Morgan fingerprint density at radius 2 is 2.00 bits per heavy atom. The second-order valence-corrected chi connectivity index (χ2v) is 11.1. The van der Waals surface area contributed by atoms with Crippen LogP contribution in [0.2, 0.25) is 0 Å². The van der Waals surface area contributed by atoms with Gasteiger partial charge in [-0.2, -0.15) is 0 Å². The highest BCUT2D eigenvalue weighted by atomic mass is 19.1. The van der Waals surface area contributed by atoms with Crippen LogP contribution in [0, 0.1) is 18.7 Å². The van der Waals surface area contributed by atoms with E-state index in [1.54, 1.807) is 27.7 Å². The number of rotatable bonds is 8. The average Bonchev–Trinajstić information content (AvgIpc) is 3.33. The number of carbonyl (C=O) groups is 3. The van der Waals surface area contributed by atoms with Gasteiger partial charge in [0.1, 0.15) is 23.6 Å². The molecule has 222 valence electrons. The fraction of sp³-hybridized carbons (Fsp3) is 0.556. The van der Waals surface area contributed by atoms with E-state index in [0.717, 1.165) is 11.3 Å². The lowest BCUT2D eigenvalue weighted by atomic mass is 10.0. The number of amides is 3. The number of pyridine rings is 1. The van der Waals surface area contributed by atoms with Crippen molar-refractivity contribution in [1.82, 2.24) is 19.9 Å². The topological polar surface area (TPSA) is 165 Å². The number of hydrogen-bond donors (Lipinski definition) is 3. The number of fused-ring (bicyclic) bond motifs is 2. The zero-order chi connectivity index (χ0) is 29.9. The van der Waals surface area contributed by atoms with Crippen molar-refractivity contribution < 1.29 is 38.1 Å². The van der Waals surface area contributed by atoms with E-state index in [-0.39, 0.29) is 55.4 Å². The molecular formula is C27H35FN6O7. The fourth-order valence-corrected chi connectivity index (χ4v) is 4.78. The number of aromatic nitrogens is 3. The molecule has 0 spiro atoms. The Morgan fingerprint density at radius 1 is 1.27 bits per heavy atom. The van der Waals surface area contributed by atoms with Crippen molar-refractivity contribution in [3.05, 3.63) is 35.0 Å². The molecule has 2 aromatic heterocycles. The zero-order valence-electron chi connectivity index (χ0n) is 23.7. The summed E-state index contributed by atoms with van der Waals surface area (Å²) in [4.78, 5) is 50.8. The molecular weight excluding hydrogens is 539 g/mol. The summed E-state index contributed by atoms with van der Waals surface area (Å²) in [6.07, 6.45) is -0.172. The van der Waals surface area contributed by atoms with Crippen LogP contribution in [0.5, 0.6) is 5.88 Å². The summed E-state index contributed by atoms with van der Waals surface area (Å²) < 4.78 is 30.6. The second-order valence-electron chi connectivity index (χ2n) is 11.1. The van der Waals surface area contributed by atoms with Gasteiger partial charge in [-0.25, -0.2) is 23.9 Å². The zero-order valence-corrected chi connectivity index (χ0v) is 23.7. The molecule has 13 nitrogen and oxygen atoms in total. The maximum absolute atomic E-state index is 14.4. The van der Waals surface area contributed by atoms with Crippen molar-refractivity contribution in [3.8, 4) is 5.88 Å². The SMILES string of the molecule is CCC(OC(=O)Nc1cnc2c(n1)NC(=O)CO2)[C@H](O)CN(CC1Cc2c(F)cnc(C)c2C1)C(=O)OC(C)(C)C. The normalized spacial score (nSPS) is 17.3. The number of aliphatic hydroxyl groups is 1. The Bertz CT molecular complexity index is 1290. The van der Waals surface area contributed by atoms with E-state index in [9.17, 15) is 23.9 Å². The van der Waals surface area contributed by atoms with E-state index in [1.807, 2.05) is 6.92 Å². The molecule has 1 aliphatic carbocycles. The lowest BCUT2D eigenvalue weighted by Crippen LogP contribution is -2.47. The largest absolute Gasteiger partial charge is 0.465 e. The molecule has 3 heterocycles. The molecule has 3 atom stereocenters. The van der Waals surface area contributed by atoms with Gasteiger partial charge >= 0.3 is 12.2 Å². The van der Waals surface area contributed by atoms with E-state index in [0.29, 0.717) is 18.4 Å². The number of aryl methyl sites for hydroxylation is 1. The molecule has 0 saturated carbocycles. The molecule has 2 unspecified atom stereocenters. The number of carbonyl (C=O) groups excluding carboxylic acids is 3. The Balaban J connectivity index is 1.41. The number of anilines is 2. The number of nitrogens with one attached hydrogen (secondary N) is 2. The highest BCUT2D eigenvalue weighted by Crippen LogP contribution is 2.31. The molecule has 0 bridgehead atoms. The van der Waals surface area contributed by atoms with Crippen molar-refractivity contribution in [1.29, 1.82) is 0 Å². The summed E-state index contributed by atoms with van der Waals surface area (Å²) >= 11 is 0. The number of ether oxygens (including phenoxy) is 3. The standard InChI is InChI=1S/C27H35FN6O7/c1-6-20(40-25(37)32-21-10-30-24-23(31-21)33-22(36)13-39-24)19(35)12-34(26(38)41-27(3,4)5)11-15-7-16-14(2)29-9-18(28)17(16)8-15/h9-10,15,19-20,35H,6-8,11-13H2,1-5H3,(H2,31,32,33,36,37)/t15?,19-,20?/m1/s1. The van der Waals surface area contributed by atoms with Crippen LogP contribution in [0.25, 0.3) is 0 Å². The first-order chi connectivity index (χ1) is 19.3. The summed E-state index contributed by atoms with van der Waals surface area (Å²) in [5, 5.41) is 16.0. The van der Waals surface area contributed by atoms with Gasteiger partial charge in [0.25, 0.3) is 11.8 Å². The van der Waals surface area contributed by atoms with Crippen LogP contribution in [0.3, 0.4) is 0 Å². The van der Waals surface area contributed by atoms with Gasteiger partial charge in [-0.05, 0) is 64.0 Å². The number of nitrogens with zero attached hydrogens (tertiary/aromatic N) is 4. The predicted molar refractivity (Wildman–Crippen MR) is 144 cm³/mol. The molecule has 1 aliphatic heterocycles. The third-order valence-corrected chi connectivity index (χ3v) is 6.64. The second kappa shape index (κ2) is 12.2. The van der Waals surface area contributed by atoms with Crippen molar-refractivity contribution >= 4 is 29.7 Å². The molecule has 0 saturated heterocycles. The monoisotopic (exact) mass is 574 g/mol. The minimum atomic E-state index is -1.26. The van der Waals surface area contributed by atoms with Gasteiger partial charge in [0.2, 0.25) is 0 Å². The maximum atomic E-state index is 14.4. The molecule has 2 aromatic rings. The van der Waals surface area contributed by atoms with Crippen molar-refractivity contribution in [2.75, 3.05) is 30.3 Å². The van der Waals surface area contributed by atoms with E-state index >= 15 is 0 Å². The molecule has 3 N–H and O–H groups in total. The van der Waals surface area contributed by atoms with Crippen LogP contribution in [0.1, 0.15) is 50.9 Å². The van der Waals surface area contributed by atoms with Crippen molar-refractivity contribution in [2.45, 2.75) is 71.7 Å². The summed E-state index contributed by atoms with van der Waals surface area (Å²) in [5.41, 5.74) is 1.39. The van der Waals surface area contributed by atoms with Crippen LogP contribution < -0.4 is 15.4 Å². The Morgan fingerprint density at radius 3 is 2.68 bits per heavy atom. The molecule has 3 amide bonds. The lowest BCUT2D eigenvalue weighted by molar-refractivity contribution is -0.118. The first-order valence-electron chi connectivity index (χ1n) is 13.4. The van der Waals surface area contributed by atoms with Gasteiger partial charge in [0.05, 0.1) is 18.9 Å². The summed E-state index contributed by atoms with van der Waals surface area (Å²) in [6, 6.07) is 0. The smallest absolute Gasteiger partial charge is 0.413 e. The van der Waals surface area contributed by atoms with Gasteiger partial charge in [-0.3, -0.25) is 15.1 Å². The number of halogens is 1. The molecule has 2 aliphatic rings. The molecule has 0 radical (unpaired) electrons.